The Morgan fingerprint density at radius 2 is 2.25 bits per heavy atom. The Labute approximate surface area is 80.4 Å². The minimum absolute atomic E-state index is 0.140. The molecular weight excluding hydrogens is 242 g/mol. The molecule has 0 amide bonds. The summed E-state index contributed by atoms with van der Waals surface area (Å²) in [4.78, 5) is 0.140. The molecule has 1 rings (SSSR count). The largest absolute Gasteiger partial charge is 0.302 e. The van der Waals surface area contributed by atoms with Gasteiger partial charge in [0.1, 0.15) is 6.07 Å². The molecule has 0 aliphatic carbocycles. The Morgan fingerprint density at radius 3 is 2.75 bits per heavy atom. The van der Waals surface area contributed by atoms with Gasteiger partial charge in [0.15, 0.2) is 11.1 Å². The van der Waals surface area contributed by atoms with Gasteiger partial charge in [-0.1, -0.05) is 15.9 Å². The summed E-state index contributed by atoms with van der Waals surface area (Å²) in [5.41, 5.74) is 0.213. The Bertz CT molecular complexity index is 372. The van der Waals surface area contributed by atoms with Crippen molar-refractivity contribution in [2.75, 3.05) is 0 Å². The predicted molar refractivity (Wildman–Crippen MR) is 47.9 cm³/mol. The van der Waals surface area contributed by atoms with Crippen LogP contribution in [0.3, 0.4) is 0 Å². The van der Waals surface area contributed by atoms with E-state index in [9.17, 15) is 4.21 Å². The SMILES string of the molecule is N#Cc1cc(Br)ccc1S(=O)O. The van der Waals surface area contributed by atoms with Crippen molar-refractivity contribution in [3.63, 3.8) is 0 Å². The van der Waals surface area contributed by atoms with Crippen LogP contribution >= 0.6 is 15.9 Å². The first kappa shape index (κ1) is 9.39. The molecule has 62 valence electrons. The summed E-state index contributed by atoms with van der Waals surface area (Å²) < 4.78 is 20.1. The average Bonchev–Trinajstić information content (AvgIpc) is 2.03. The van der Waals surface area contributed by atoms with Crippen LogP contribution in [0.1, 0.15) is 5.56 Å². The van der Waals surface area contributed by atoms with Gasteiger partial charge in [-0.3, -0.25) is 0 Å². The lowest BCUT2D eigenvalue weighted by atomic mass is 10.2. The molecule has 0 fully saturated rings. The van der Waals surface area contributed by atoms with E-state index in [1.807, 2.05) is 6.07 Å². The van der Waals surface area contributed by atoms with Crippen LogP contribution < -0.4 is 0 Å². The lowest BCUT2D eigenvalue weighted by Gasteiger charge is -1.97. The van der Waals surface area contributed by atoms with Crippen molar-refractivity contribution in [3.8, 4) is 6.07 Å². The van der Waals surface area contributed by atoms with Crippen molar-refractivity contribution in [2.45, 2.75) is 4.90 Å². The molecule has 0 aromatic heterocycles. The van der Waals surface area contributed by atoms with Crippen molar-refractivity contribution in [1.82, 2.24) is 0 Å². The number of halogens is 1. The minimum atomic E-state index is -2.09. The molecule has 5 heteroatoms. The number of nitrogens with zero attached hydrogens (tertiary/aromatic N) is 1. The zero-order valence-electron chi connectivity index (χ0n) is 5.82. The fourth-order valence-corrected chi connectivity index (χ4v) is 1.58. The normalized spacial score (nSPS) is 12.1. The lowest BCUT2D eigenvalue weighted by molar-refractivity contribution is 0.564. The first-order valence-corrected chi connectivity index (χ1v) is 4.85. The second kappa shape index (κ2) is 3.81. The third-order valence-corrected chi connectivity index (χ3v) is 2.48. The molecule has 3 nitrogen and oxygen atoms in total. The summed E-state index contributed by atoms with van der Waals surface area (Å²) in [6, 6.07) is 6.40. The van der Waals surface area contributed by atoms with E-state index in [1.165, 1.54) is 12.1 Å². The molecule has 1 unspecified atom stereocenters. The summed E-state index contributed by atoms with van der Waals surface area (Å²) in [7, 11) is 0. The fraction of sp³-hybridized carbons (Fsp3) is 0. The second-order valence-corrected chi connectivity index (χ2v) is 3.86. The van der Waals surface area contributed by atoms with Crippen molar-refractivity contribution in [2.24, 2.45) is 0 Å². The summed E-state index contributed by atoms with van der Waals surface area (Å²) in [5, 5.41) is 8.58. The van der Waals surface area contributed by atoms with E-state index in [2.05, 4.69) is 15.9 Å². The van der Waals surface area contributed by atoms with Crippen LogP contribution in [0.25, 0.3) is 0 Å². The predicted octanol–water partition coefficient (Wildman–Crippen LogP) is 1.90. The van der Waals surface area contributed by atoms with Gasteiger partial charge in [-0.2, -0.15) is 5.26 Å². The Balaban J connectivity index is 3.32. The Kier molecular flexibility index (Phi) is 2.98. The number of benzene rings is 1. The molecule has 0 saturated carbocycles. The number of hydrogen-bond donors (Lipinski definition) is 1. The molecule has 1 atom stereocenters. The molecule has 0 spiro atoms. The highest BCUT2D eigenvalue weighted by Crippen LogP contribution is 2.17. The highest BCUT2D eigenvalue weighted by atomic mass is 79.9. The third-order valence-electron chi connectivity index (χ3n) is 1.25. The maximum Gasteiger partial charge on any atom is 0.187 e. The Hall–Kier alpha value is -0.700. The molecule has 1 aromatic rings. The smallest absolute Gasteiger partial charge is 0.187 e. The maximum absolute atomic E-state index is 10.6. The standard InChI is InChI=1S/C7H4BrNO2S/c8-6-1-2-7(12(10)11)5(3-6)4-9/h1-3H,(H,10,11). The van der Waals surface area contributed by atoms with E-state index >= 15 is 0 Å². The summed E-state index contributed by atoms with van der Waals surface area (Å²) in [6.07, 6.45) is 0. The van der Waals surface area contributed by atoms with Crippen molar-refractivity contribution in [1.29, 1.82) is 5.26 Å². The van der Waals surface area contributed by atoms with Gasteiger partial charge in [0, 0.05) is 4.47 Å². The number of nitriles is 1. The van der Waals surface area contributed by atoms with Gasteiger partial charge in [-0.25, -0.2) is 4.21 Å². The van der Waals surface area contributed by atoms with Crippen LogP contribution in [0.2, 0.25) is 0 Å². The van der Waals surface area contributed by atoms with Crippen molar-refractivity contribution in [3.05, 3.63) is 28.2 Å². The van der Waals surface area contributed by atoms with E-state index in [-0.39, 0.29) is 10.5 Å². The molecule has 0 radical (unpaired) electrons. The van der Waals surface area contributed by atoms with Gasteiger partial charge in [0.25, 0.3) is 0 Å². The highest BCUT2D eigenvalue weighted by molar-refractivity contribution is 9.10. The van der Waals surface area contributed by atoms with Crippen molar-refractivity contribution >= 4 is 27.0 Å². The maximum atomic E-state index is 10.6. The summed E-state index contributed by atoms with van der Waals surface area (Å²) in [5.74, 6) is 0. The molecule has 0 aliphatic heterocycles. The van der Waals surface area contributed by atoms with E-state index < -0.39 is 11.1 Å². The van der Waals surface area contributed by atoms with E-state index in [0.29, 0.717) is 4.47 Å². The first-order chi connectivity index (χ1) is 5.65. The first-order valence-electron chi connectivity index (χ1n) is 2.95. The zero-order chi connectivity index (χ0) is 9.14. The monoisotopic (exact) mass is 245 g/mol. The van der Waals surface area contributed by atoms with Crippen LogP contribution in [0.4, 0.5) is 0 Å². The lowest BCUT2D eigenvalue weighted by Crippen LogP contribution is -1.92. The topological polar surface area (TPSA) is 61.1 Å². The van der Waals surface area contributed by atoms with Gasteiger partial charge in [-0.05, 0) is 18.2 Å². The van der Waals surface area contributed by atoms with Gasteiger partial charge in [-0.15, -0.1) is 0 Å². The fourth-order valence-electron chi connectivity index (χ4n) is 0.742. The van der Waals surface area contributed by atoms with Crippen LogP contribution in [0, 0.1) is 11.3 Å². The number of hydrogen-bond acceptors (Lipinski definition) is 2. The zero-order valence-corrected chi connectivity index (χ0v) is 8.22. The molecule has 0 bridgehead atoms. The summed E-state index contributed by atoms with van der Waals surface area (Å²) >= 11 is 1.06. The molecule has 12 heavy (non-hydrogen) atoms. The second-order valence-electron chi connectivity index (χ2n) is 2.00. The van der Waals surface area contributed by atoms with Crippen molar-refractivity contribution < 1.29 is 8.76 Å². The summed E-state index contributed by atoms with van der Waals surface area (Å²) in [6.45, 7) is 0. The molecule has 1 aromatic carbocycles. The minimum Gasteiger partial charge on any atom is -0.302 e. The highest BCUT2D eigenvalue weighted by Gasteiger charge is 2.06. The number of rotatable bonds is 1. The quantitative estimate of drug-likeness (QED) is 0.770. The van der Waals surface area contributed by atoms with Gasteiger partial charge >= 0.3 is 0 Å². The van der Waals surface area contributed by atoms with E-state index in [1.54, 1.807) is 6.07 Å². The van der Waals surface area contributed by atoms with E-state index in [4.69, 9.17) is 9.81 Å². The van der Waals surface area contributed by atoms with Gasteiger partial charge in [0.2, 0.25) is 0 Å². The van der Waals surface area contributed by atoms with Crippen LogP contribution in [0.5, 0.6) is 0 Å². The van der Waals surface area contributed by atoms with Crippen LogP contribution in [0.15, 0.2) is 27.6 Å². The average molecular weight is 246 g/mol. The molecule has 0 heterocycles. The molecule has 1 N–H and O–H groups in total. The molecule has 0 aliphatic rings. The van der Waals surface area contributed by atoms with Crippen LogP contribution in [-0.4, -0.2) is 8.76 Å². The molecule has 0 saturated heterocycles. The molecular formula is C7H4BrNO2S. The van der Waals surface area contributed by atoms with Crippen LogP contribution in [-0.2, 0) is 11.1 Å². The van der Waals surface area contributed by atoms with Gasteiger partial charge < -0.3 is 4.55 Å². The third kappa shape index (κ3) is 1.91. The van der Waals surface area contributed by atoms with E-state index in [0.717, 1.165) is 0 Å². The Morgan fingerprint density at radius 1 is 1.58 bits per heavy atom. The van der Waals surface area contributed by atoms with Gasteiger partial charge in [0.05, 0.1) is 10.5 Å².